The summed E-state index contributed by atoms with van der Waals surface area (Å²) < 4.78 is 16.8. The molecule has 0 aliphatic carbocycles. The zero-order chi connectivity index (χ0) is 50.0. The Kier molecular flexibility index (Phi) is 53.0. The van der Waals surface area contributed by atoms with Crippen molar-refractivity contribution in [3.63, 3.8) is 0 Å². The number of hydrogen-bond acceptors (Lipinski definition) is 6. The lowest BCUT2D eigenvalue weighted by atomic mass is 10.1. The Labute approximate surface area is 424 Å². The Hall–Kier alpha value is -4.19. The van der Waals surface area contributed by atoms with Crippen LogP contribution in [0.25, 0.3) is 0 Å². The summed E-state index contributed by atoms with van der Waals surface area (Å²) in [5.41, 5.74) is 0. The fraction of sp³-hybridized carbons (Fsp3) is 0.635. The Morgan fingerprint density at radius 1 is 0.304 bits per heavy atom. The highest BCUT2D eigenvalue weighted by atomic mass is 16.6. The van der Waals surface area contributed by atoms with E-state index in [-0.39, 0.29) is 37.5 Å². The smallest absolute Gasteiger partial charge is 0.306 e. The van der Waals surface area contributed by atoms with E-state index in [0.717, 1.165) is 141 Å². The van der Waals surface area contributed by atoms with Crippen LogP contribution in [0.4, 0.5) is 0 Å². The summed E-state index contributed by atoms with van der Waals surface area (Å²) in [5, 5.41) is 0. The van der Waals surface area contributed by atoms with E-state index in [1.54, 1.807) is 0 Å². The van der Waals surface area contributed by atoms with Crippen LogP contribution in [0.1, 0.15) is 239 Å². The molecule has 390 valence electrons. The third-order valence-electron chi connectivity index (χ3n) is 11.4. The van der Waals surface area contributed by atoms with E-state index in [2.05, 4.69) is 142 Å². The van der Waals surface area contributed by atoms with Gasteiger partial charge in [0, 0.05) is 19.3 Å². The molecule has 0 fully saturated rings. The van der Waals surface area contributed by atoms with Gasteiger partial charge in [0.1, 0.15) is 13.2 Å². The van der Waals surface area contributed by atoms with Crippen LogP contribution in [-0.2, 0) is 28.6 Å². The highest BCUT2D eigenvalue weighted by molar-refractivity contribution is 5.71. The van der Waals surface area contributed by atoms with Crippen LogP contribution in [0.3, 0.4) is 0 Å². The predicted octanol–water partition coefficient (Wildman–Crippen LogP) is 18.9. The molecule has 0 aromatic rings. The molecule has 0 bridgehead atoms. The molecule has 0 heterocycles. The summed E-state index contributed by atoms with van der Waals surface area (Å²) in [4.78, 5) is 38.1. The highest BCUT2D eigenvalue weighted by Gasteiger charge is 2.19. The van der Waals surface area contributed by atoms with Crippen LogP contribution in [0.5, 0.6) is 0 Å². The summed E-state index contributed by atoms with van der Waals surface area (Å²) in [5.74, 6) is -0.955. The first-order chi connectivity index (χ1) is 34.0. The zero-order valence-electron chi connectivity index (χ0n) is 44.5. The molecule has 0 saturated heterocycles. The highest BCUT2D eigenvalue weighted by Crippen LogP contribution is 2.14. The zero-order valence-corrected chi connectivity index (χ0v) is 44.5. The average Bonchev–Trinajstić information content (AvgIpc) is 3.35. The molecule has 0 N–H and O–H groups in total. The minimum absolute atomic E-state index is 0.101. The van der Waals surface area contributed by atoms with Crippen molar-refractivity contribution in [2.24, 2.45) is 0 Å². The van der Waals surface area contributed by atoms with E-state index in [9.17, 15) is 14.4 Å². The van der Waals surface area contributed by atoms with Gasteiger partial charge in [-0.05, 0) is 122 Å². The maximum atomic E-state index is 12.8. The molecule has 0 rings (SSSR count). The van der Waals surface area contributed by atoms with E-state index in [0.29, 0.717) is 12.8 Å². The first-order valence-electron chi connectivity index (χ1n) is 28.0. The average molecular weight is 956 g/mol. The lowest BCUT2D eigenvalue weighted by Gasteiger charge is -2.18. The molecule has 0 radical (unpaired) electrons. The van der Waals surface area contributed by atoms with E-state index in [4.69, 9.17) is 14.2 Å². The van der Waals surface area contributed by atoms with E-state index >= 15 is 0 Å². The second-order valence-electron chi connectivity index (χ2n) is 18.1. The number of hydrogen-bond donors (Lipinski definition) is 0. The van der Waals surface area contributed by atoms with E-state index in [1.807, 2.05) is 0 Å². The van der Waals surface area contributed by atoms with Crippen molar-refractivity contribution >= 4 is 17.9 Å². The van der Waals surface area contributed by atoms with E-state index in [1.165, 1.54) is 57.8 Å². The molecule has 0 amide bonds. The maximum Gasteiger partial charge on any atom is 0.306 e. The van der Waals surface area contributed by atoms with E-state index < -0.39 is 6.10 Å². The minimum Gasteiger partial charge on any atom is -0.462 e. The van der Waals surface area contributed by atoms with Gasteiger partial charge in [-0.2, -0.15) is 0 Å². The van der Waals surface area contributed by atoms with Crippen molar-refractivity contribution in [3.8, 4) is 0 Å². The second kappa shape index (κ2) is 56.4. The number of ether oxygens (including phenoxy) is 3. The van der Waals surface area contributed by atoms with Gasteiger partial charge in [-0.15, -0.1) is 0 Å². The molecule has 6 nitrogen and oxygen atoms in total. The van der Waals surface area contributed by atoms with Gasteiger partial charge in [0.2, 0.25) is 0 Å². The number of unbranched alkanes of at least 4 members (excludes halogenated alkanes) is 18. The quantitative estimate of drug-likeness (QED) is 0.0262. The largest absolute Gasteiger partial charge is 0.462 e. The van der Waals surface area contributed by atoms with Crippen LogP contribution in [0, 0.1) is 0 Å². The summed E-state index contributed by atoms with van der Waals surface area (Å²) in [6, 6.07) is 0. The lowest BCUT2D eigenvalue weighted by molar-refractivity contribution is -0.167. The van der Waals surface area contributed by atoms with Crippen molar-refractivity contribution in [1.82, 2.24) is 0 Å². The van der Waals surface area contributed by atoms with Crippen molar-refractivity contribution in [3.05, 3.63) is 122 Å². The van der Waals surface area contributed by atoms with Gasteiger partial charge < -0.3 is 14.2 Å². The lowest BCUT2D eigenvalue weighted by Crippen LogP contribution is -2.30. The number of esters is 3. The molecule has 0 saturated carbocycles. The van der Waals surface area contributed by atoms with Crippen molar-refractivity contribution in [2.45, 2.75) is 245 Å². The molecule has 1 unspecified atom stereocenters. The molecule has 69 heavy (non-hydrogen) atoms. The van der Waals surface area contributed by atoms with Gasteiger partial charge in [-0.1, -0.05) is 219 Å². The Morgan fingerprint density at radius 2 is 0.565 bits per heavy atom. The molecule has 0 spiro atoms. The number of carbonyl (C=O) groups is 3. The Balaban J connectivity index is 4.43. The van der Waals surface area contributed by atoms with Gasteiger partial charge >= 0.3 is 17.9 Å². The molecule has 0 aliphatic rings. The Bertz CT molecular complexity index is 1470. The third kappa shape index (κ3) is 54.6. The van der Waals surface area contributed by atoms with Crippen LogP contribution in [0.2, 0.25) is 0 Å². The minimum atomic E-state index is -0.806. The molecule has 1 atom stereocenters. The van der Waals surface area contributed by atoms with Crippen molar-refractivity contribution in [1.29, 1.82) is 0 Å². The molecule has 0 aliphatic heterocycles. The summed E-state index contributed by atoms with van der Waals surface area (Å²) in [6.45, 7) is 6.32. The molecular weight excluding hydrogens is 853 g/mol. The second-order valence-corrected chi connectivity index (χ2v) is 18.1. The number of rotatable bonds is 49. The Morgan fingerprint density at radius 3 is 0.913 bits per heavy atom. The fourth-order valence-electron chi connectivity index (χ4n) is 7.26. The van der Waals surface area contributed by atoms with Crippen LogP contribution in [0.15, 0.2) is 122 Å². The standard InChI is InChI=1S/C63H102O6/c1-4-7-10-13-16-19-22-24-26-28-30-31-33-34-36-38-41-44-47-50-53-56-62(65)68-59-60(58-67-61(64)55-52-49-46-43-40-21-18-15-12-9-6-3)69-63(66)57-54-51-48-45-42-39-37-35-32-29-27-25-23-20-17-14-11-8-5-2/h7-8,10-11,15-20,24-27,30-32,35,39,42,60H,4-6,9,12-14,21-23,28-29,33-34,36-38,40-41,43-59H2,1-3H3/b10-7-,11-8-,18-15-,19-16-,20-17-,26-24-,27-25-,31-30-,35-32-,42-39-. The first kappa shape index (κ1) is 64.8. The first-order valence-corrected chi connectivity index (χ1v) is 28.0. The third-order valence-corrected chi connectivity index (χ3v) is 11.4. The molecule has 0 aromatic carbocycles. The fourth-order valence-corrected chi connectivity index (χ4v) is 7.26. The summed E-state index contributed by atoms with van der Waals surface area (Å²) in [7, 11) is 0. The predicted molar refractivity (Wildman–Crippen MR) is 297 cm³/mol. The monoisotopic (exact) mass is 955 g/mol. The van der Waals surface area contributed by atoms with Crippen LogP contribution >= 0.6 is 0 Å². The maximum absolute atomic E-state index is 12.8. The van der Waals surface area contributed by atoms with Crippen molar-refractivity contribution in [2.75, 3.05) is 13.2 Å². The summed E-state index contributed by atoms with van der Waals surface area (Å²) in [6.07, 6.45) is 77.6. The van der Waals surface area contributed by atoms with Gasteiger partial charge in [-0.25, -0.2) is 0 Å². The van der Waals surface area contributed by atoms with Crippen molar-refractivity contribution < 1.29 is 28.6 Å². The normalized spacial score (nSPS) is 13.0. The van der Waals surface area contributed by atoms with Crippen LogP contribution < -0.4 is 0 Å². The van der Waals surface area contributed by atoms with Gasteiger partial charge in [-0.3, -0.25) is 14.4 Å². The molecular formula is C63H102O6. The summed E-state index contributed by atoms with van der Waals surface area (Å²) >= 11 is 0. The SMILES string of the molecule is CC/C=C\C/C=C\C/C=C\C/C=C\C/C=C\CCCCCC(=O)OC(COC(=O)CCCCCCC/C=C\CCCC)COC(=O)CCCCCCCCCC/C=C\C/C=C\C/C=C\C/C=C\CC. The molecule has 6 heteroatoms. The molecule has 0 aromatic heterocycles. The topological polar surface area (TPSA) is 78.9 Å². The number of allylic oxidation sites excluding steroid dienone is 20. The number of carbonyl (C=O) groups excluding carboxylic acids is 3. The van der Waals surface area contributed by atoms with Gasteiger partial charge in [0.05, 0.1) is 0 Å². The van der Waals surface area contributed by atoms with Crippen LogP contribution in [-0.4, -0.2) is 37.2 Å². The van der Waals surface area contributed by atoms with Gasteiger partial charge in [0.25, 0.3) is 0 Å². The van der Waals surface area contributed by atoms with Gasteiger partial charge in [0.15, 0.2) is 6.10 Å².